The Kier molecular flexibility index (Phi) is 4.88. The van der Waals surface area contributed by atoms with Gasteiger partial charge in [0, 0.05) is 12.1 Å². The van der Waals surface area contributed by atoms with Gasteiger partial charge < -0.3 is 5.73 Å². The van der Waals surface area contributed by atoms with Crippen molar-refractivity contribution in [2.24, 2.45) is 5.73 Å². The van der Waals surface area contributed by atoms with Gasteiger partial charge in [-0.1, -0.05) is 36.8 Å². The first-order valence-corrected chi connectivity index (χ1v) is 7.24. The second-order valence-electron chi connectivity index (χ2n) is 3.41. The van der Waals surface area contributed by atoms with Crippen LogP contribution in [0.1, 0.15) is 18.9 Å². The summed E-state index contributed by atoms with van der Waals surface area (Å²) in [6, 6.07) is 4.38. The molecule has 1 rings (SSSR count). The van der Waals surface area contributed by atoms with Crippen molar-refractivity contribution in [3.63, 3.8) is 0 Å². The van der Waals surface area contributed by atoms with E-state index in [0.717, 1.165) is 0 Å². The molecule has 0 aliphatic rings. The quantitative estimate of drug-likeness (QED) is 0.810. The van der Waals surface area contributed by atoms with Crippen LogP contribution >= 0.6 is 23.8 Å². The third-order valence-corrected chi connectivity index (χ3v) is 4.23. The lowest BCUT2D eigenvalue weighted by molar-refractivity contribution is 0.581. The number of hydrogen-bond acceptors (Lipinski definition) is 3. The molecule has 0 saturated heterocycles. The predicted octanol–water partition coefficient (Wildman–Crippen LogP) is 1.66. The van der Waals surface area contributed by atoms with Crippen LogP contribution in [0.2, 0.25) is 5.02 Å². The lowest BCUT2D eigenvalue weighted by Crippen LogP contribution is -2.24. The fourth-order valence-corrected chi connectivity index (χ4v) is 2.99. The molecule has 17 heavy (non-hydrogen) atoms. The summed E-state index contributed by atoms with van der Waals surface area (Å²) in [5.41, 5.74) is 5.97. The fourth-order valence-electron chi connectivity index (χ4n) is 1.19. The van der Waals surface area contributed by atoms with E-state index in [9.17, 15) is 8.42 Å². The number of rotatable bonds is 5. The van der Waals surface area contributed by atoms with E-state index < -0.39 is 10.0 Å². The Morgan fingerprint density at radius 2 is 2.18 bits per heavy atom. The zero-order valence-electron chi connectivity index (χ0n) is 9.23. The van der Waals surface area contributed by atoms with Crippen LogP contribution in [0.15, 0.2) is 23.1 Å². The first-order chi connectivity index (χ1) is 7.88. The van der Waals surface area contributed by atoms with Crippen LogP contribution in [0.4, 0.5) is 0 Å². The number of nitrogens with two attached hydrogens (primary N) is 1. The number of halogens is 1. The van der Waals surface area contributed by atoms with Gasteiger partial charge >= 0.3 is 0 Å². The molecule has 0 spiro atoms. The van der Waals surface area contributed by atoms with E-state index >= 15 is 0 Å². The van der Waals surface area contributed by atoms with Gasteiger partial charge in [0.25, 0.3) is 0 Å². The fraction of sp³-hybridized carbons (Fsp3) is 0.300. The third-order valence-electron chi connectivity index (χ3n) is 2.05. The highest BCUT2D eigenvalue weighted by Crippen LogP contribution is 2.22. The summed E-state index contributed by atoms with van der Waals surface area (Å²) >= 11 is 10.7. The van der Waals surface area contributed by atoms with Crippen LogP contribution in [-0.2, 0) is 10.0 Å². The highest BCUT2D eigenvalue weighted by Gasteiger charge is 2.17. The number of hydrogen-bond donors (Lipinski definition) is 2. The normalized spacial score (nSPS) is 11.4. The maximum absolute atomic E-state index is 11.8. The topological polar surface area (TPSA) is 72.2 Å². The Balaban J connectivity index is 3.12. The van der Waals surface area contributed by atoms with E-state index in [1.807, 2.05) is 6.92 Å². The molecule has 4 nitrogen and oxygen atoms in total. The van der Waals surface area contributed by atoms with Gasteiger partial charge in [0.1, 0.15) is 9.88 Å². The second kappa shape index (κ2) is 5.77. The summed E-state index contributed by atoms with van der Waals surface area (Å²) in [6.07, 6.45) is 0.710. The molecular weight excluding hydrogens is 280 g/mol. The number of nitrogens with one attached hydrogen (secondary N) is 1. The van der Waals surface area contributed by atoms with E-state index in [-0.39, 0.29) is 14.9 Å². The molecule has 94 valence electrons. The van der Waals surface area contributed by atoms with E-state index in [2.05, 4.69) is 4.72 Å². The first-order valence-electron chi connectivity index (χ1n) is 4.97. The highest BCUT2D eigenvalue weighted by molar-refractivity contribution is 7.89. The lowest BCUT2D eigenvalue weighted by atomic mass is 10.2. The van der Waals surface area contributed by atoms with Crippen molar-refractivity contribution in [1.29, 1.82) is 0 Å². The molecule has 0 aliphatic heterocycles. The summed E-state index contributed by atoms with van der Waals surface area (Å²) in [5.74, 6) is 0. The minimum absolute atomic E-state index is 0.0348. The molecule has 1 aromatic carbocycles. The molecule has 0 heterocycles. The Labute approximate surface area is 111 Å². The predicted molar refractivity (Wildman–Crippen MR) is 72.8 cm³/mol. The van der Waals surface area contributed by atoms with Crippen molar-refractivity contribution < 1.29 is 8.42 Å². The molecule has 7 heteroatoms. The van der Waals surface area contributed by atoms with E-state index in [0.29, 0.717) is 18.5 Å². The molecule has 3 N–H and O–H groups in total. The van der Waals surface area contributed by atoms with Crippen LogP contribution in [0.5, 0.6) is 0 Å². The third kappa shape index (κ3) is 3.64. The van der Waals surface area contributed by atoms with Crippen molar-refractivity contribution >= 4 is 38.8 Å². The minimum Gasteiger partial charge on any atom is -0.389 e. The molecule has 0 bridgehead atoms. The Hall–Kier alpha value is -0.690. The standard InChI is InChI=1S/C10H13ClN2O2S2/c1-2-5-13-17(14,15)9-4-3-7(10(12)16)6-8(9)11/h3-4,6,13H,2,5H2,1H3,(H2,12,16). The summed E-state index contributed by atoms with van der Waals surface area (Å²) in [6.45, 7) is 2.25. The molecule has 0 saturated carbocycles. The molecule has 0 atom stereocenters. The van der Waals surface area contributed by atoms with Gasteiger partial charge in [-0.2, -0.15) is 0 Å². The average Bonchev–Trinajstić information content (AvgIpc) is 2.25. The number of thiocarbonyl (C=S) groups is 1. The van der Waals surface area contributed by atoms with Gasteiger partial charge in [0.15, 0.2) is 0 Å². The molecule has 0 aliphatic carbocycles. The van der Waals surface area contributed by atoms with E-state index in [4.69, 9.17) is 29.6 Å². The van der Waals surface area contributed by atoms with E-state index in [1.54, 1.807) is 0 Å². The summed E-state index contributed by atoms with van der Waals surface area (Å²) in [7, 11) is -3.56. The van der Waals surface area contributed by atoms with Gasteiger partial charge in [-0.15, -0.1) is 0 Å². The van der Waals surface area contributed by atoms with Crippen LogP contribution in [0.25, 0.3) is 0 Å². The van der Waals surface area contributed by atoms with Crippen LogP contribution in [-0.4, -0.2) is 20.0 Å². The average molecular weight is 293 g/mol. The maximum atomic E-state index is 11.8. The molecule has 0 aromatic heterocycles. The summed E-state index contributed by atoms with van der Waals surface area (Å²) < 4.78 is 26.1. The lowest BCUT2D eigenvalue weighted by Gasteiger charge is -2.08. The SMILES string of the molecule is CCCNS(=O)(=O)c1ccc(C(N)=S)cc1Cl. The van der Waals surface area contributed by atoms with Gasteiger partial charge in [-0.3, -0.25) is 0 Å². The zero-order chi connectivity index (χ0) is 13.1. The maximum Gasteiger partial charge on any atom is 0.242 e. The first kappa shape index (κ1) is 14.4. The molecular formula is C10H13ClN2O2S2. The van der Waals surface area contributed by atoms with Gasteiger partial charge in [0.2, 0.25) is 10.0 Å². The number of benzene rings is 1. The zero-order valence-corrected chi connectivity index (χ0v) is 11.6. The van der Waals surface area contributed by atoms with Crippen LogP contribution < -0.4 is 10.5 Å². The van der Waals surface area contributed by atoms with Crippen molar-refractivity contribution in [2.75, 3.05) is 6.54 Å². The summed E-state index contributed by atoms with van der Waals surface area (Å²) in [4.78, 5) is 0.213. The largest absolute Gasteiger partial charge is 0.389 e. The molecule has 0 fully saturated rings. The summed E-state index contributed by atoms with van der Waals surface area (Å²) in [5, 5.41) is 0.110. The van der Waals surface area contributed by atoms with E-state index in [1.165, 1.54) is 18.2 Å². The van der Waals surface area contributed by atoms with Crippen molar-refractivity contribution in [3.05, 3.63) is 28.8 Å². The highest BCUT2D eigenvalue weighted by atomic mass is 35.5. The smallest absolute Gasteiger partial charge is 0.242 e. The van der Waals surface area contributed by atoms with Gasteiger partial charge in [0.05, 0.1) is 5.02 Å². The molecule has 1 aromatic rings. The Morgan fingerprint density at radius 3 is 2.65 bits per heavy atom. The second-order valence-corrected chi connectivity index (χ2v) is 5.99. The minimum atomic E-state index is -3.56. The molecule has 0 radical (unpaired) electrons. The Morgan fingerprint density at radius 1 is 1.53 bits per heavy atom. The van der Waals surface area contributed by atoms with Crippen LogP contribution in [0.3, 0.4) is 0 Å². The van der Waals surface area contributed by atoms with Crippen molar-refractivity contribution in [1.82, 2.24) is 4.72 Å². The molecule has 0 unspecified atom stereocenters. The van der Waals surface area contributed by atoms with Crippen molar-refractivity contribution in [3.8, 4) is 0 Å². The van der Waals surface area contributed by atoms with Crippen LogP contribution in [0, 0.1) is 0 Å². The van der Waals surface area contributed by atoms with Gasteiger partial charge in [-0.25, -0.2) is 13.1 Å². The van der Waals surface area contributed by atoms with Crippen molar-refractivity contribution in [2.45, 2.75) is 18.2 Å². The molecule has 0 amide bonds. The number of sulfonamides is 1. The Bertz CT molecular complexity index is 529. The van der Waals surface area contributed by atoms with Gasteiger partial charge in [-0.05, 0) is 18.6 Å². The monoisotopic (exact) mass is 292 g/mol.